The average molecular weight is 537 g/mol. The number of likely N-dealkylation sites (tertiary alicyclic amines) is 1. The number of furan rings is 1. The van der Waals surface area contributed by atoms with E-state index in [1.165, 1.54) is 49.6 Å². The molecule has 1 saturated heterocycles. The maximum Gasteiger partial charge on any atom is 0.406 e. The summed E-state index contributed by atoms with van der Waals surface area (Å²) in [5, 5.41) is 11.7. The summed E-state index contributed by atoms with van der Waals surface area (Å²) < 4.78 is 51.1. The molecular weight excluding hydrogens is 511 g/mol. The van der Waals surface area contributed by atoms with E-state index >= 15 is 0 Å². The number of nitrogens with one attached hydrogen (secondary N) is 1. The van der Waals surface area contributed by atoms with Crippen molar-refractivity contribution in [1.82, 2.24) is 14.8 Å². The van der Waals surface area contributed by atoms with Crippen molar-refractivity contribution in [3.63, 3.8) is 0 Å². The average Bonchev–Trinajstić information content (AvgIpc) is 3.43. The van der Waals surface area contributed by atoms with Crippen molar-refractivity contribution in [3.8, 4) is 5.75 Å². The molecule has 0 radical (unpaired) electrons. The third-order valence-electron chi connectivity index (χ3n) is 6.31. The number of methoxy groups -OCH3 is 1. The highest BCUT2D eigenvalue weighted by Gasteiger charge is 2.34. The van der Waals surface area contributed by atoms with Gasteiger partial charge in [0.25, 0.3) is 11.8 Å². The summed E-state index contributed by atoms with van der Waals surface area (Å²) in [5.74, 6) is -1.16. The Morgan fingerprint density at radius 2 is 2.03 bits per heavy atom. The molecule has 1 aliphatic heterocycles. The first-order chi connectivity index (χ1) is 17.9. The van der Waals surface area contributed by atoms with Crippen molar-refractivity contribution < 1.29 is 41.8 Å². The molecule has 0 aliphatic carbocycles. The first kappa shape index (κ1) is 26.7. The molecule has 1 aliphatic rings. The molecule has 3 heterocycles. The number of piperidine rings is 1. The quantitative estimate of drug-likeness (QED) is 0.408. The van der Waals surface area contributed by atoms with E-state index < -0.39 is 36.7 Å². The van der Waals surface area contributed by atoms with Crippen LogP contribution >= 0.6 is 0 Å². The molecule has 1 atom stereocenters. The first-order valence-electron chi connectivity index (χ1n) is 11.6. The number of ether oxygens (including phenoxy) is 1. The molecule has 11 nitrogen and oxygen atoms in total. The minimum atomic E-state index is -4.61. The van der Waals surface area contributed by atoms with Gasteiger partial charge in [-0.3, -0.25) is 14.2 Å². The molecule has 204 valence electrons. The van der Waals surface area contributed by atoms with Crippen LogP contribution in [0.3, 0.4) is 0 Å². The highest BCUT2D eigenvalue weighted by atomic mass is 19.4. The fourth-order valence-corrected chi connectivity index (χ4v) is 4.67. The fourth-order valence-electron chi connectivity index (χ4n) is 4.67. The van der Waals surface area contributed by atoms with Gasteiger partial charge in [-0.05, 0) is 37.1 Å². The van der Waals surface area contributed by atoms with E-state index in [1.807, 2.05) is 0 Å². The number of halogens is 3. The van der Waals surface area contributed by atoms with Gasteiger partial charge in [0.1, 0.15) is 23.7 Å². The van der Waals surface area contributed by atoms with Crippen molar-refractivity contribution in [2.45, 2.75) is 31.6 Å². The van der Waals surface area contributed by atoms with Gasteiger partial charge in [-0.15, -0.1) is 0 Å². The number of nitrogens with zero attached hydrogens (tertiary/aromatic N) is 3. The zero-order chi connectivity index (χ0) is 27.8. The number of rotatable bonds is 6. The summed E-state index contributed by atoms with van der Waals surface area (Å²) >= 11 is 0. The second kappa shape index (κ2) is 10.2. The first-order valence-corrected chi connectivity index (χ1v) is 11.6. The number of carboxylic acid groups (broad SMARTS) is 1. The number of carbonyl (C=O) groups is 3. The van der Waals surface area contributed by atoms with Crippen LogP contribution in [0.4, 0.5) is 29.3 Å². The Labute approximate surface area is 214 Å². The van der Waals surface area contributed by atoms with Crippen molar-refractivity contribution in [1.29, 1.82) is 0 Å². The van der Waals surface area contributed by atoms with Crippen LogP contribution in [0.15, 0.2) is 34.9 Å². The number of amides is 3. The van der Waals surface area contributed by atoms with E-state index in [9.17, 15) is 27.6 Å². The molecule has 3 aromatic rings. The van der Waals surface area contributed by atoms with Crippen LogP contribution < -0.4 is 20.7 Å². The smallest absolute Gasteiger partial charge is 0.406 e. The molecule has 14 heteroatoms. The molecule has 1 aromatic carbocycles. The SMILES string of the molecule is COc1cc(C(=O)N2CCCC(NC(=O)O)C2)cc(N)c1N(C)C(=O)c1cc2ccoc2n1CC(F)(F)F. The normalized spacial score (nSPS) is 15.9. The number of nitrogen functional groups attached to an aromatic ring is 1. The van der Waals surface area contributed by atoms with Crippen LogP contribution in [0.1, 0.15) is 33.7 Å². The summed E-state index contributed by atoms with van der Waals surface area (Å²) in [6.45, 7) is -0.853. The highest BCUT2D eigenvalue weighted by molar-refractivity contribution is 6.10. The fraction of sp³-hybridized carbons (Fsp3) is 0.375. The molecule has 0 bridgehead atoms. The summed E-state index contributed by atoms with van der Waals surface area (Å²) in [6, 6.07) is 5.06. The van der Waals surface area contributed by atoms with Crippen LogP contribution in [0.5, 0.6) is 5.75 Å². The number of carbonyl (C=O) groups excluding carboxylic acids is 2. The van der Waals surface area contributed by atoms with Gasteiger partial charge in [-0.1, -0.05) is 0 Å². The number of nitrogens with two attached hydrogens (primary N) is 1. The lowest BCUT2D eigenvalue weighted by molar-refractivity contribution is -0.140. The Bertz CT molecular complexity index is 1380. The Balaban J connectivity index is 1.64. The van der Waals surface area contributed by atoms with Crippen LogP contribution in [0.25, 0.3) is 11.1 Å². The van der Waals surface area contributed by atoms with E-state index in [2.05, 4.69) is 5.32 Å². The summed E-state index contributed by atoms with van der Waals surface area (Å²) in [5.41, 5.74) is 6.06. The molecule has 1 unspecified atom stereocenters. The maximum absolute atomic E-state index is 13.4. The van der Waals surface area contributed by atoms with Crippen molar-refractivity contribution in [3.05, 3.63) is 41.8 Å². The molecule has 2 aromatic heterocycles. The van der Waals surface area contributed by atoms with E-state index in [0.29, 0.717) is 24.8 Å². The van der Waals surface area contributed by atoms with E-state index in [1.54, 1.807) is 0 Å². The number of alkyl halides is 3. The van der Waals surface area contributed by atoms with Crippen molar-refractivity contribution >= 4 is 40.4 Å². The largest absolute Gasteiger partial charge is 0.494 e. The van der Waals surface area contributed by atoms with Crippen LogP contribution in [-0.2, 0) is 6.54 Å². The maximum atomic E-state index is 13.4. The minimum absolute atomic E-state index is 0.0154. The molecular formula is C24H26F3N5O6. The lowest BCUT2D eigenvalue weighted by Crippen LogP contribution is -2.49. The van der Waals surface area contributed by atoms with Gasteiger partial charge in [0.05, 0.1) is 19.1 Å². The molecule has 3 amide bonds. The Morgan fingerprint density at radius 1 is 1.29 bits per heavy atom. The van der Waals surface area contributed by atoms with Gasteiger partial charge >= 0.3 is 12.3 Å². The lowest BCUT2D eigenvalue weighted by atomic mass is 10.0. The Kier molecular flexibility index (Phi) is 7.16. The van der Waals surface area contributed by atoms with Crippen LogP contribution in [0, 0.1) is 0 Å². The van der Waals surface area contributed by atoms with Gasteiger partial charge in [0, 0.05) is 37.1 Å². The predicted molar refractivity (Wildman–Crippen MR) is 130 cm³/mol. The highest BCUT2D eigenvalue weighted by Crippen LogP contribution is 2.37. The summed E-state index contributed by atoms with van der Waals surface area (Å²) in [7, 11) is 2.63. The van der Waals surface area contributed by atoms with E-state index in [-0.39, 0.29) is 40.6 Å². The molecule has 0 saturated carbocycles. The van der Waals surface area contributed by atoms with E-state index in [4.69, 9.17) is 20.0 Å². The van der Waals surface area contributed by atoms with Gasteiger partial charge in [0.2, 0.25) is 5.71 Å². The molecule has 4 N–H and O–H groups in total. The van der Waals surface area contributed by atoms with Gasteiger partial charge in [0.15, 0.2) is 0 Å². The second-order valence-electron chi connectivity index (χ2n) is 8.93. The van der Waals surface area contributed by atoms with Gasteiger partial charge in [-0.25, -0.2) is 4.79 Å². The van der Waals surface area contributed by atoms with E-state index in [0.717, 1.165) is 9.47 Å². The van der Waals surface area contributed by atoms with Gasteiger partial charge in [-0.2, -0.15) is 13.2 Å². The summed E-state index contributed by atoms with van der Waals surface area (Å²) in [6.07, 6.45) is -3.37. The van der Waals surface area contributed by atoms with Gasteiger partial charge < -0.3 is 35.1 Å². The number of hydrogen-bond acceptors (Lipinski definition) is 6. The zero-order valence-electron chi connectivity index (χ0n) is 20.5. The molecule has 1 fully saturated rings. The van der Waals surface area contributed by atoms with Crippen molar-refractivity contribution in [2.75, 3.05) is 37.9 Å². The Hall–Kier alpha value is -4.36. The molecule has 4 rings (SSSR count). The number of anilines is 2. The second-order valence-corrected chi connectivity index (χ2v) is 8.93. The monoisotopic (exact) mass is 537 g/mol. The molecule has 38 heavy (non-hydrogen) atoms. The Morgan fingerprint density at radius 3 is 2.68 bits per heavy atom. The summed E-state index contributed by atoms with van der Waals surface area (Å²) in [4.78, 5) is 40.1. The minimum Gasteiger partial charge on any atom is -0.494 e. The molecule has 0 spiro atoms. The number of aromatic nitrogens is 1. The van der Waals surface area contributed by atoms with Crippen LogP contribution in [-0.4, -0.2) is 71.9 Å². The number of benzene rings is 1. The third kappa shape index (κ3) is 5.33. The standard InChI is InChI=1S/C24H26F3N5O6/c1-30(21(34)17-9-13-5-7-38-22(13)32(17)12-24(25,26)27)19-16(28)8-14(10-18(19)37-2)20(33)31-6-3-4-15(11-31)29-23(35)36/h5,7-10,15,29H,3-4,6,11-12,28H2,1-2H3,(H,35,36). The topological polar surface area (TPSA) is 143 Å². The predicted octanol–water partition coefficient (Wildman–Crippen LogP) is 3.54. The van der Waals surface area contributed by atoms with Crippen LogP contribution in [0.2, 0.25) is 0 Å². The van der Waals surface area contributed by atoms with Crippen molar-refractivity contribution in [2.24, 2.45) is 0 Å². The zero-order valence-corrected chi connectivity index (χ0v) is 20.5. The third-order valence-corrected chi connectivity index (χ3v) is 6.31. The lowest BCUT2D eigenvalue weighted by Gasteiger charge is -2.33. The number of hydrogen-bond donors (Lipinski definition) is 3. The number of fused-ring (bicyclic) bond motifs is 1.